The SMILES string of the molecule is N#CCCN(Cc1ccccn1)S(=O)(=O)/C=C\c1ccccc1. The van der Waals surface area contributed by atoms with Gasteiger partial charge in [0.1, 0.15) is 0 Å². The third-order valence-corrected chi connectivity index (χ3v) is 4.64. The van der Waals surface area contributed by atoms with Gasteiger partial charge >= 0.3 is 0 Å². The second-order valence-electron chi connectivity index (χ2n) is 4.82. The Bertz CT molecular complexity index is 782. The fraction of sp³-hybridized carbons (Fsp3) is 0.176. The average Bonchev–Trinajstić information content (AvgIpc) is 2.58. The molecular weight excluding hydrogens is 310 g/mol. The first-order valence-electron chi connectivity index (χ1n) is 7.12. The van der Waals surface area contributed by atoms with Crippen molar-refractivity contribution in [3.63, 3.8) is 0 Å². The lowest BCUT2D eigenvalue weighted by atomic mass is 10.2. The van der Waals surface area contributed by atoms with Crippen LogP contribution in [-0.2, 0) is 16.6 Å². The van der Waals surface area contributed by atoms with Crippen molar-refractivity contribution < 1.29 is 8.42 Å². The number of hydrogen-bond donors (Lipinski definition) is 0. The molecule has 5 nitrogen and oxygen atoms in total. The maximum atomic E-state index is 12.5. The van der Waals surface area contributed by atoms with Gasteiger partial charge in [0.25, 0.3) is 0 Å². The Labute approximate surface area is 136 Å². The number of aromatic nitrogens is 1. The van der Waals surface area contributed by atoms with Crippen LogP contribution in [0.5, 0.6) is 0 Å². The lowest BCUT2D eigenvalue weighted by Crippen LogP contribution is -2.30. The molecule has 0 aliphatic rings. The molecule has 2 rings (SSSR count). The van der Waals surface area contributed by atoms with E-state index in [1.807, 2.05) is 36.4 Å². The molecule has 1 heterocycles. The highest BCUT2D eigenvalue weighted by Crippen LogP contribution is 2.12. The molecule has 0 saturated carbocycles. The summed E-state index contributed by atoms with van der Waals surface area (Å²) in [7, 11) is -3.63. The molecule has 0 unspecified atom stereocenters. The predicted octanol–water partition coefficient (Wildman–Crippen LogP) is 2.80. The van der Waals surface area contributed by atoms with E-state index < -0.39 is 10.0 Å². The zero-order valence-corrected chi connectivity index (χ0v) is 13.4. The molecule has 23 heavy (non-hydrogen) atoms. The first-order chi connectivity index (χ1) is 11.1. The first kappa shape index (κ1) is 16.9. The molecule has 0 radical (unpaired) electrons. The van der Waals surface area contributed by atoms with E-state index in [1.165, 1.54) is 9.71 Å². The summed E-state index contributed by atoms with van der Waals surface area (Å²) in [5.74, 6) is 0. The number of hydrogen-bond acceptors (Lipinski definition) is 4. The molecule has 0 fully saturated rings. The lowest BCUT2D eigenvalue weighted by Gasteiger charge is -2.18. The van der Waals surface area contributed by atoms with E-state index in [0.29, 0.717) is 5.69 Å². The van der Waals surface area contributed by atoms with Crippen LogP contribution in [0.3, 0.4) is 0 Å². The maximum absolute atomic E-state index is 12.5. The number of pyridine rings is 1. The van der Waals surface area contributed by atoms with E-state index >= 15 is 0 Å². The predicted molar refractivity (Wildman–Crippen MR) is 89.3 cm³/mol. The van der Waals surface area contributed by atoms with Crippen LogP contribution in [0.4, 0.5) is 0 Å². The summed E-state index contributed by atoms with van der Waals surface area (Å²) < 4.78 is 26.3. The van der Waals surface area contributed by atoms with Gasteiger partial charge in [0.2, 0.25) is 10.0 Å². The molecule has 118 valence electrons. The van der Waals surface area contributed by atoms with Crippen LogP contribution >= 0.6 is 0 Å². The van der Waals surface area contributed by atoms with Gasteiger partial charge in [-0.15, -0.1) is 0 Å². The molecule has 1 aromatic carbocycles. The highest BCUT2D eigenvalue weighted by molar-refractivity contribution is 7.92. The molecule has 0 saturated heterocycles. The van der Waals surface area contributed by atoms with E-state index in [2.05, 4.69) is 4.98 Å². The average molecular weight is 327 g/mol. The summed E-state index contributed by atoms with van der Waals surface area (Å²) in [4.78, 5) is 4.15. The second-order valence-corrected chi connectivity index (χ2v) is 6.64. The van der Waals surface area contributed by atoms with Crippen LogP contribution in [0.25, 0.3) is 6.08 Å². The third kappa shape index (κ3) is 5.33. The first-order valence-corrected chi connectivity index (χ1v) is 8.62. The van der Waals surface area contributed by atoms with Gasteiger partial charge in [-0.2, -0.15) is 9.57 Å². The smallest absolute Gasteiger partial charge is 0.236 e. The lowest BCUT2D eigenvalue weighted by molar-refractivity contribution is 0.415. The van der Waals surface area contributed by atoms with Gasteiger partial charge in [-0.05, 0) is 23.8 Å². The van der Waals surface area contributed by atoms with Crippen molar-refractivity contribution >= 4 is 16.1 Å². The van der Waals surface area contributed by atoms with E-state index in [0.717, 1.165) is 5.56 Å². The maximum Gasteiger partial charge on any atom is 0.236 e. The minimum absolute atomic E-state index is 0.130. The summed E-state index contributed by atoms with van der Waals surface area (Å²) in [5, 5.41) is 9.92. The van der Waals surface area contributed by atoms with Gasteiger partial charge in [0, 0.05) is 24.6 Å². The van der Waals surface area contributed by atoms with Crippen molar-refractivity contribution in [1.82, 2.24) is 9.29 Å². The van der Waals surface area contributed by atoms with Gasteiger partial charge in [0.05, 0.1) is 18.3 Å². The molecule has 0 aliphatic carbocycles. The minimum atomic E-state index is -3.63. The van der Waals surface area contributed by atoms with Crippen LogP contribution < -0.4 is 0 Å². The Hall–Kier alpha value is -2.49. The Kier molecular flexibility index (Phi) is 6.03. The Morgan fingerprint density at radius 2 is 1.87 bits per heavy atom. The van der Waals surface area contributed by atoms with E-state index in [-0.39, 0.29) is 19.5 Å². The largest absolute Gasteiger partial charge is 0.260 e. The zero-order chi connectivity index (χ0) is 16.5. The van der Waals surface area contributed by atoms with Gasteiger partial charge in [-0.25, -0.2) is 8.42 Å². The Morgan fingerprint density at radius 1 is 1.13 bits per heavy atom. The number of nitriles is 1. The zero-order valence-electron chi connectivity index (χ0n) is 12.5. The van der Waals surface area contributed by atoms with Crippen molar-refractivity contribution in [2.45, 2.75) is 13.0 Å². The Morgan fingerprint density at radius 3 is 2.52 bits per heavy atom. The molecule has 0 spiro atoms. The summed E-state index contributed by atoms with van der Waals surface area (Å²) in [6.07, 6.45) is 3.29. The monoisotopic (exact) mass is 327 g/mol. The summed E-state index contributed by atoms with van der Waals surface area (Å²) in [5.41, 5.74) is 1.44. The quantitative estimate of drug-likeness (QED) is 0.784. The standard InChI is InChI=1S/C17H17N3O2S/c18-11-6-13-20(15-17-9-4-5-12-19-17)23(21,22)14-10-16-7-2-1-3-8-16/h1-5,7-10,12,14H,6,13,15H2/b14-10-. The third-order valence-electron chi connectivity index (χ3n) is 3.13. The van der Waals surface area contributed by atoms with Crippen molar-refractivity contribution in [1.29, 1.82) is 5.26 Å². The molecule has 0 bridgehead atoms. The number of nitrogens with zero attached hydrogens (tertiary/aromatic N) is 3. The molecule has 1 aromatic heterocycles. The number of benzene rings is 1. The van der Waals surface area contributed by atoms with Crippen molar-refractivity contribution in [2.24, 2.45) is 0 Å². The Balaban J connectivity index is 2.19. The number of sulfonamides is 1. The van der Waals surface area contributed by atoms with Gasteiger partial charge < -0.3 is 0 Å². The highest BCUT2D eigenvalue weighted by atomic mass is 32.2. The highest BCUT2D eigenvalue weighted by Gasteiger charge is 2.19. The van der Waals surface area contributed by atoms with Crippen LogP contribution in [0.2, 0.25) is 0 Å². The van der Waals surface area contributed by atoms with Crippen LogP contribution in [0.1, 0.15) is 17.7 Å². The van der Waals surface area contributed by atoms with Crippen molar-refractivity contribution in [3.8, 4) is 6.07 Å². The number of rotatable bonds is 7. The van der Waals surface area contributed by atoms with E-state index in [9.17, 15) is 8.42 Å². The molecule has 2 aromatic rings. The fourth-order valence-corrected chi connectivity index (χ4v) is 3.12. The topological polar surface area (TPSA) is 74.1 Å². The fourth-order valence-electron chi connectivity index (χ4n) is 1.96. The van der Waals surface area contributed by atoms with Gasteiger partial charge in [-0.1, -0.05) is 36.4 Å². The van der Waals surface area contributed by atoms with Crippen molar-refractivity contribution in [3.05, 3.63) is 71.4 Å². The minimum Gasteiger partial charge on any atom is -0.260 e. The van der Waals surface area contributed by atoms with Crippen molar-refractivity contribution in [2.75, 3.05) is 6.54 Å². The molecule has 0 N–H and O–H groups in total. The summed E-state index contributed by atoms with van der Waals surface area (Å²) >= 11 is 0. The second kappa shape index (κ2) is 8.22. The summed E-state index contributed by atoms with van der Waals surface area (Å²) in [6.45, 7) is 0.276. The van der Waals surface area contributed by atoms with Gasteiger partial charge in [-0.3, -0.25) is 4.98 Å². The van der Waals surface area contributed by atoms with Crippen LogP contribution in [0.15, 0.2) is 60.1 Å². The molecule has 6 heteroatoms. The van der Waals surface area contributed by atoms with Gasteiger partial charge in [0.15, 0.2) is 0 Å². The molecule has 0 atom stereocenters. The molecule has 0 amide bonds. The van der Waals surface area contributed by atoms with Crippen LogP contribution in [-0.4, -0.2) is 24.3 Å². The van der Waals surface area contributed by atoms with E-state index in [4.69, 9.17) is 5.26 Å². The van der Waals surface area contributed by atoms with E-state index in [1.54, 1.807) is 30.5 Å². The van der Waals surface area contributed by atoms with Crippen LogP contribution in [0, 0.1) is 11.3 Å². The normalized spacial score (nSPS) is 11.7. The molecule has 0 aliphatic heterocycles. The summed E-state index contributed by atoms with van der Waals surface area (Å²) in [6, 6.07) is 16.5. The molecular formula is C17H17N3O2S.